The molecular weight excluding hydrogens is 593 g/mol. The number of carbonyl (C=O) groups excluding carboxylic acids is 3. The molecule has 3 amide bonds. The molecule has 11 nitrogen and oxygen atoms in total. The predicted molar refractivity (Wildman–Crippen MR) is 167 cm³/mol. The minimum absolute atomic E-state index is 0.0336. The maximum atomic E-state index is 13.4. The van der Waals surface area contributed by atoms with Crippen LogP contribution in [0.2, 0.25) is 0 Å². The highest BCUT2D eigenvalue weighted by molar-refractivity contribution is 6.14. The number of rotatable bonds is 11. The van der Waals surface area contributed by atoms with Crippen LogP contribution in [-0.2, 0) is 16.0 Å². The third kappa shape index (κ3) is 5.92. The van der Waals surface area contributed by atoms with E-state index in [0.29, 0.717) is 58.2 Å². The second-order valence-electron chi connectivity index (χ2n) is 11.0. The molecule has 1 saturated carbocycles. The number of H-pyrrole nitrogens is 1. The summed E-state index contributed by atoms with van der Waals surface area (Å²) in [4.78, 5) is 45.7. The molecule has 1 aliphatic rings. The molecule has 3 aromatic carbocycles. The lowest BCUT2D eigenvalue weighted by Gasteiger charge is -2.15. The van der Waals surface area contributed by atoms with Gasteiger partial charge in [0.2, 0.25) is 11.8 Å². The number of nitrogens with two attached hydrogens (primary N) is 1. The Kier molecular flexibility index (Phi) is 8.01. The summed E-state index contributed by atoms with van der Waals surface area (Å²) in [6.45, 7) is 0.340. The fourth-order valence-corrected chi connectivity index (χ4v) is 5.49. The zero-order valence-corrected chi connectivity index (χ0v) is 24.7. The van der Waals surface area contributed by atoms with Crippen molar-refractivity contribution in [1.29, 1.82) is 0 Å². The topological polar surface area (TPSA) is 169 Å². The van der Waals surface area contributed by atoms with Crippen molar-refractivity contribution in [3.63, 3.8) is 0 Å². The summed E-state index contributed by atoms with van der Waals surface area (Å²) in [5.41, 5.74) is 6.95. The molecule has 2 aromatic heterocycles. The molecule has 0 saturated heterocycles. The summed E-state index contributed by atoms with van der Waals surface area (Å²) in [7, 11) is 1.48. The molecule has 46 heavy (non-hydrogen) atoms. The van der Waals surface area contributed by atoms with E-state index < -0.39 is 29.0 Å². The number of aromatic nitrogens is 2. The van der Waals surface area contributed by atoms with Gasteiger partial charge in [0.15, 0.2) is 11.5 Å². The molecule has 2 heterocycles. The number of pyridine rings is 1. The van der Waals surface area contributed by atoms with E-state index in [1.165, 1.54) is 19.2 Å². The first kappa shape index (κ1) is 30.1. The van der Waals surface area contributed by atoms with Crippen molar-refractivity contribution < 1.29 is 33.4 Å². The molecule has 5 aromatic rings. The molecule has 0 aliphatic heterocycles. The summed E-state index contributed by atoms with van der Waals surface area (Å²) in [5.74, 6) is -1.10. The Morgan fingerprint density at radius 3 is 2.50 bits per heavy atom. The average Bonchev–Trinajstić information content (AvgIpc) is 3.66. The Bertz CT molecular complexity index is 1940. The number of phenols is 1. The van der Waals surface area contributed by atoms with Gasteiger partial charge in [0.05, 0.1) is 12.5 Å². The van der Waals surface area contributed by atoms with Crippen molar-refractivity contribution in [1.82, 2.24) is 15.3 Å². The van der Waals surface area contributed by atoms with E-state index >= 15 is 0 Å². The van der Waals surface area contributed by atoms with Crippen LogP contribution in [0.25, 0.3) is 11.0 Å². The van der Waals surface area contributed by atoms with Gasteiger partial charge < -0.3 is 35.9 Å². The molecule has 0 spiro atoms. The van der Waals surface area contributed by atoms with Gasteiger partial charge in [-0.3, -0.25) is 14.4 Å². The summed E-state index contributed by atoms with van der Waals surface area (Å²) < 4.78 is 24.5. The maximum Gasteiger partial charge on any atom is 0.267 e. The number of anilines is 1. The Labute approximate surface area is 262 Å². The highest BCUT2D eigenvalue weighted by atomic mass is 19.1. The number of aromatic amines is 1. The quantitative estimate of drug-likeness (QED) is 0.132. The van der Waals surface area contributed by atoms with E-state index in [1.807, 2.05) is 6.07 Å². The van der Waals surface area contributed by atoms with Crippen LogP contribution in [0.3, 0.4) is 0 Å². The molecule has 2 unspecified atom stereocenters. The number of methoxy groups -OCH3 is 1. The van der Waals surface area contributed by atoms with Crippen LogP contribution in [0.5, 0.6) is 23.0 Å². The van der Waals surface area contributed by atoms with Crippen LogP contribution in [0.4, 0.5) is 10.1 Å². The van der Waals surface area contributed by atoms with Gasteiger partial charge in [-0.2, -0.15) is 0 Å². The lowest BCUT2D eigenvalue weighted by atomic mass is 9.97. The van der Waals surface area contributed by atoms with E-state index in [0.717, 1.165) is 5.56 Å². The van der Waals surface area contributed by atoms with Gasteiger partial charge in [-0.25, -0.2) is 9.37 Å². The lowest BCUT2D eigenvalue weighted by molar-refractivity contribution is -0.132. The van der Waals surface area contributed by atoms with E-state index in [4.69, 9.17) is 15.2 Å². The average molecular weight is 624 g/mol. The number of halogens is 1. The minimum Gasteiger partial charge on any atom is -0.504 e. The van der Waals surface area contributed by atoms with Crippen LogP contribution in [0.1, 0.15) is 34.0 Å². The first-order valence-electron chi connectivity index (χ1n) is 14.4. The third-order valence-electron chi connectivity index (χ3n) is 8.10. The van der Waals surface area contributed by atoms with Gasteiger partial charge in [-0.15, -0.1) is 0 Å². The molecule has 0 bridgehead atoms. The first-order chi connectivity index (χ1) is 22.2. The second kappa shape index (κ2) is 12.2. The van der Waals surface area contributed by atoms with Crippen molar-refractivity contribution in [2.75, 3.05) is 19.0 Å². The minimum atomic E-state index is -1.41. The van der Waals surface area contributed by atoms with Gasteiger partial charge in [0, 0.05) is 24.3 Å². The number of hydrogen-bond acceptors (Lipinski definition) is 7. The third-order valence-corrected chi connectivity index (χ3v) is 8.10. The molecule has 0 radical (unpaired) electrons. The largest absolute Gasteiger partial charge is 0.504 e. The predicted octanol–water partition coefficient (Wildman–Crippen LogP) is 4.78. The SMILES string of the molecule is COc1ccc(CCNC(=O)c2cc3c(Oc4ccc(NC(=O)C5(C(N)=O)CC5c5ccc(F)cc5)cc4)ccnc3[nH]2)cc1O. The number of primary amides is 1. The van der Waals surface area contributed by atoms with Crippen LogP contribution >= 0.6 is 0 Å². The van der Waals surface area contributed by atoms with Gasteiger partial charge in [0.25, 0.3) is 5.91 Å². The van der Waals surface area contributed by atoms with E-state index in [-0.39, 0.29) is 18.1 Å². The maximum absolute atomic E-state index is 13.4. The first-order valence-corrected chi connectivity index (χ1v) is 14.4. The number of amides is 3. The Hall–Kier alpha value is -5.91. The summed E-state index contributed by atoms with van der Waals surface area (Å²) in [6, 6.07) is 20.6. The molecule has 1 fully saturated rings. The highest BCUT2D eigenvalue weighted by Crippen LogP contribution is 2.59. The van der Waals surface area contributed by atoms with Crippen LogP contribution < -0.4 is 25.8 Å². The van der Waals surface area contributed by atoms with Gasteiger partial charge in [-0.05, 0) is 84.6 Å². The van der Waals surface area contributed by atoms with Gasteiger partial charge >= 0.3 is 0 Å². The number of phenolic OH excluding ortho intramolecular Hbond substituents is 1. The molecule has 6 rings (SSSR count). The van der Waals surface area contributed by atoms with Crippen molar-refractivity contribution in [3.05, 3.63) is 108 Å². The van der Waals surface area contributed by atoms with Crippen molar-refractivity contribution in [2.24, 2.45) is 11.1 Å². The molecular formula is C34H30FN5O6. The number of aromatic hydroxyl groups is 1. The summed E-state index contributed by atoms with van der Waals surface area (Å²) in [6.07, 6.45) is 2.30. The standard InChI is InChI=1S/C34H30FN5O6/c1-45-29-11-2-19(16-27(29)41)12-14-38-31(42)26-17-24-28(13-15-37-30(24)40-26)46-23-9-7-22(8-10-23)39-33(44)34(32(36)43)18-25(34)20-3-5-21(35)6-4-20/h2-11,13,15-17,25,41H,12,14,18H2,1H3,(H2,36,43)(H,37,40)(H,38,42)(H,39,44). The smallest absolute Gasteiger partial charge is 0.267 e. The van der Waals surface area contributed by atoms with Crippen molar-refractivity contribution in [2.45, 2.75) is 18.8 Å². The van der Waals surface area contributed by atoms with Crippen molar-refractivity contribution in [3.8, 4) is 23.0 Å². The number of ether oxygens (including phenoxy) is 2. The lowest BCUT2D eigenvalue weighted by Crippen LogP contribution is -2.37. The molecule has 12 heteroatoms. The second-order valence-corrected chi connectivity index (χ2v) is 11.0. The van der Waals surface area contributed by atoms with Crippen LogP contribution in [-0.4, -0.2) is 46.5 Å². The molecule has 2 atom stereocenters. The number of nitrogens with zero attached hydrogens (tertiary/aromatic N) is 1. The summed E-state index contributed by atoms with van der Waals surface area (Å²) in [5, 5.41) is 16.2. The molecule has 6 N–H and O–H groups in total. The molecule has 1 aliphatic carbocycles. The Morgan fingerprint density at radius 1 is 1.04 bits per heavy atom. The van der Waals surface area contributed by atoms with Crippen molar-refractivity contribution >= 4 is 34.4 Å². The molecule has 234 valence electrons. The van der Waals surface area contributed by atoms with E-state index in [1.54, 1.807) is 66.9 Å². The number of nitrogens with one attached hydrogen (secondary N) is 3. The fourth-order valence-electron chi connectivity index (χ4n) is 5.49. The number of hydrogen-bond donors (Lipinski definition) is 5. The summed E-state index contributed by atoms with van der Waals surface area (Å²) >= 11 is 0. The van der Waals surface area contributed by atoms with Crippen LogP contribution in [0, 0.1) is 11.2 Å². The monoisotopic (exact) mass is 623 g/mol. The van der Waals surface area contributed by atoms with E-state index in [9.17, 15) is 23.9 Å². The van der Waals surface area contributed by atoms with Gasteiger partial charge in [-0.1, -0.05) is 18.2 Å². The van der Waals surface area contributed by atoms with Crippen LogP contribution in [0.15, 0.2) is 85.1 Å². The fraction of sp³-hybridized carbons (Fsp3) is 0.176. The highest BCUT2D eigenvalue weighted by Gasteiger charge is 2.65. The normalized spacial score (nSPS) is 16.9. The number of carbonyl (C=O) groups is 3. The van der Waals surface area contributed by atoms with Gasteiger partial charge in [0.1, 0.15) is 34.1 Å². The zero-order chi connectivity index (χ0) is 32.4. The van der Waals surface area contributed by atoms with E-state index in [2.05, 4.69) is 20.6 Å². The zero-order valence-electron chi connectivity index (χ0n) is 24.7. The Morgan fingerprint density at radius 2 is 1.80 bits per heavy atom. The Balaban J connectivity index is 1.08. The number of fused-ring (bicyclic) bond motifs is 1. The number of benzene rings is 3.